The van der Waals surface area contributed by atoms with Gasteiger partial charge in [0.25, 0.3) is 0 Å². The minimum atomic E-state index is -0.612. The molecule has 1 aliphatic heterocycles. The second kappa shape index (κ2) is 10.9. The Bertz CT molecular complexity index is 1160. The first-order chi connectivity index (χ1) is 16.5. The number of ether oxygens (including phenoxy) is 2. The number of carbonyl (C=O) groups is 2. The number of halogens is 1. The predicted molar refractivity (Wildman–Crippen MR) is 132 cm³/mol. The van der Waals surface area contributed by atoms with Gasteiger partial charge in [0.05, 0.1) is 18.5 Å². The molecule has 0 bridgehead atoms. The van der Waals surface area contributed by atoms with Crippen LogP contribution in [0.5, 0.6) is 5.75 Å². The van der Waals surface area contributed by atoms with E-state index in [1.54, 1.807) is 35.1 Å². The van der Waals surface area contributed by atoms with Crippen molar-refractivity contribution >= 4 is 35.1 Å². The Morgan fingerprint density at radius 2 is 1.79 bits per heavy atom. The van der Waals surface area contributed by atoms with Gasteiger partial charge >= 0.3 is 12.1 Å². The number of urea groups is 1. The van der Waals surface area contributed by atoms with E-state index in [4.69, 9.17) is 21.1 Å². The average molecular weight is 480 g/mol. The maximum Gasteiger partial charge on any atom is 0.412 e. The van der Waals surface area contributed by atoms with Crippen LogP contribution in [-0.4, -0.2) is 37.2 Å². The molecule has 0 spiro atoms. The molecule has 7 nitrogen and oxygen atoms in total. The van der Waals surface area contributed by atoms with Crippen molar-refractivity contribution in [2.75, 3.05) is 30.4 Å². The van der Waals surface area contributed by atoms with E-state index in [0.717, 1.165) is 17.5 Å². The molecule has 0 radical (unpaired) electrons. The van der Waals surface area contributed by atoms with E-state index in [2.05, 4.69) is 5.32 Å². The van der Waals surface area contributed by atoms with Gasteiger partial charge in [0.15, 0.2) is 0 Å². The van der Waals surface area contributed by atoms with E-state index in [9.17, 15) is 9.59 Å². The first kappa shape index (κ1) is 23.4. The summed E-state index contributed by atoms with van der Waals surface area (Å²) in [5.41, 5.74) is 2.86. The summed E-state index contributed by atoms with van der Waals surface area (Å²) in [6.07, 6.45) is 0.176. The molecule has 1 aliphatic rings. The lowest BCUT2D eigenvalue weighted by atomic mass is 10.1. The molecule has 0 aromatic heterocycles. The largest absolute Gasteiger partial charge is 0.497 e. The van der Waals surface area contributed by atoms with Gasteiger partial charge in [0.1, 0.15) is 12.4 Å². The molecule has 0 saturated carbocycles. The Hall–Kier alpha value is -3.71. The molecule has 3 aromatic rings. The fourth-order valence-electron chi connectivity index (χ4n) is 3.85. The van der Waals surface area contributed by atoms with Crippen LogP contribution in [0.15, 0.2) is 72.8 Å². The van der Waals surface area contributed by atoms with Gasteiger partial charge in [-0.3, -0.25) is 10.2 Å². The van der Waals surface area contributed by atoms with Crippen LogP contribution in [0.3, 0.4) is 0 Å². The highest BCUT2D eigenvalue weighted by molar-refractivity contribution is 6.30. The zero-order valence-corrected chi connectivity index (χ0v) is 19.6. The Balaban J connectivity index is 1.50. The molecule has 1 N–H and O–H groups in total. The van der Waals surface area contributed by atoms with Crippen molar-refractivity contribution in [2.45, 2.75) is 19.6 Å². The van der Waals surface area contributed by atoms with Crippen LogP contribution in [0.25, 0.3) is 0 Å². The monoisotopic (exact) mass is 479 g/mol. The van der Waals surface area contributed by atoms with Crippen LogP contribution in [0.2, 0.25) is 5.02 Å². The molecular formula is C26H26ClN3O4. The summed E-state index contributed by atoms with van der Waals surface area (Å²) in [6.45, 7) is 1.76. The molecule has 34 heavy (non-hydrogen) atoms. The third kappa shape index (κ3) is 5.80. The normalized spacial score (nSPS) is 13.5. The summed E-state index contributed by atoms with van der Waals surface area (Å²) in [5, 5.41) is 3.41. The van der Waals surface area contributed by atoms with Crippen LogP contribution in [0, 0.1) is 0 Å². The van der Waals surface area contributed by atoms with Crippen LogP contribution >= 0.6 is 11.6 Å². The molecule has 1 heterocycles. The fraction of sp³-hybridized carbons (Fsp3) is 0.231. The molecule has 0 atom stereocenters. The molecule has 8 heteroatoms. The van der Waals surface area contributed by atoms with Gasteiger partial charge in [-0.1, -0.05) is 54.1 Å². The SMILES string of the molecule is COc1ccc(N2CCCN(Cc3cccc(Cl)c3)C2=O)c(NC(=O)OCc2ccccc2)c1. The van der Waals surface area contributed by atoms with Gasteiger partial charge in [-0.2, -0.15) is 0 Å². The second-order valence-corrected chi connectivity index (χ2v) is 8.35. The van der Waals surface area contributed by atoms with Gasteiger partial charge in [-0.15, -0.1) is 0 Å². The Kier molecular flexibility index (Phi) is 7.54. The predicted octanol–water partition coefficient (Wildman–Crippen LogP) is 5.93. The summed E-state index contributed by atoms with van der Waals surface area (Å²) in [4.78, 5) is 29.3. The minimum absolute atomic E-state index is 0.141. The van der Waals surface area contributed by atoms with Gasteiger partial charge in [-0.05, 0) is 41.8 Å². The Morgan fingerprint density at radius 3 is 2.56 bits per heavy atom. The van der Waals surface area contributed by atoms with Crippen molar-refractivity contribution in [3.63, 3.8) is 0 Å². The van der Waals surface area contributed by atoms with E-state index in [-0.39, 0.29) is 12.6 Å². The minimum Gasteiger partial charge on any atom is -0.497 e. The number of carbonyl (C=O) groups excluding carboxylic acids is 2. The van der Waals surface area contributed by atoms with Crippen molar-refractivity contribution in [1.82, 2.24) is 4.90 Å². The number of benzene rings is 3. The summed E-state index contributed by atoms with van der Waals surface area (Å²) in [5.74, 6) is 0.558. The summed E-state index contributed by atoms with van der Waals surface area (Å²) < 4.78 is 10.7. The zero-order chi connectivity index (χ0) is 23.9. The second-order valence-electron chi connectivity index (χ2n) is 7.91. The van der Waals surface area contributed by atoms with Gasteiger partial charge in [0, 0.05) is 30.7 Å². The van der Waals surface area contributed by atoms with Crippen molar-refractivity contribution in [1.29, 1.82) is 0 Å². The molecule has 1 fully saturated rings. The smallest absolute Gasteiger partial charge is 0.412 e. The number of anilines is 2. The molecule has 4 rings (SSSR count). The summed E-state index contributed by atoms with van der Waals surface area (Å²) in [7, 11) is 1.55. The lowest BCUT2D eigenvalue weighted by Gasteiger charge is -2.36. The van der Waals surface area contributed by atoms with E-state index in [1.807, 2.05) is 54.6 Å². The number of nitrogens with one attached hydrogen (secondary N) is 1. The number of hydrogen-bond donors (Lipinski definition) is 1. The molecule has 1 saturated heterocycles. The van der Waals surface area contributed by atoms with Crippen molar-refractivity contribution in [2.24, 2.45) is 0 Å². The number of methoxy groups -OCH3 is 1. The van der Waals surface area contributed by atoms with Crippen LogP contribution < -0.4 is 15.0 Å². The maximum atomic E-state index is 13.4. The molecule has 3 amide bonds. The average Bonchev–Trinajstić information content (AvgIpc) is 2.85. The van der Waals surface area contributed by atoms with Crippen molar-refractivity contribution in [3.8, 4) is 5.75 Å². The Morgan fingerprint density at radius 1 is 1.00 bits per heavy atom. The number of rotatable bonds is 7. The van der Waals surface area contributed by atoms with E-state index in [1.165, 1.54) is 0 Å². The van der Waals surface area contributed by atoms with Crippen LogP contribution in [-0.2, 0) is 17.9 Å². The number of nitrogens with zero attached hydrogens (tertiary/aromatic N) is 2. The van der Waals surface area contributed by atoms with Crippen LogP contribution in [0.1, 0.15) is 17.5 Å². The fourth-order valence-corrected chi connectivity index (χ4v) is 4.07. The highest BCUT2D eigenvalue weighted by Gasteiger charge is 2.29. The maximum absolute atomic E-state index is 13.4. The molecule has 0 unspecified atom stereocenters. The third-order valence-corrected chi connectivity index (χ3v) is 5.75. The summed E-state index contributed by atoms with van der Waals surface area (Å²) in [6, 6.07) is 22.0. The molecule has 0 aliphatic carbocycles. The number of amides is 3. The number of hydrogen-bond acceptors (Lipinski definition) is 4. The van der Waals surface area contributed by atoms with Gasteiger partial charge in [0.2, 0.25) is 0 Å². The first-order valence-electron chi connectivity index (χ1n) is 11.0. The summed E-state index contributed by atoms with van der Waals surface area (Å²) >= 11 is 6.11. The highest BCUT2D eigenvalue weighted by Crippen LogP contribution is 2.33. The topological polar surface area (TPSA) is 71.1 Å². The molecule has 3 aromatic carbocycles. The van der Waals surface area contributed by atoms with Crippen molar-refractivity contribution < 1.29 is 19.1 Å². The van der Waals surface area contributed by atoms with E-state index in [0.29, 0.717) is 41.8 Å². The van der Waals surface area contributed by atoms with E-state index >= 15 is 0 Å². The Labute approximate surface area is 203 Å². The van der Waals surface area contributed by atoms with Crippen LogP contribution in [0.4, 0.5) is 21.0 Å². The van der Waals surface area contributed by atoms with Gasteiger partial charge < -0.3 is 14.4 Å². The van der Waals surface area contributed by atoms with Gasteiger partial charge in [-0.25, -0.2) is 9.59 Å². The standard InChI is InChI=1S/C26H26ClN3O4/c1-33-22-11-12-24(23(16-22)28-25(31)34-18-19-7-3-2-4-8-19)30-14-6-13-29(26(30)32)17-20-9-5-10-21(27)15-20/h2-5,7-12,15-16H,6,13-14,17-18H2,1H3,(H,28,31). The first-order valence-corrected chi connectivity index (χ1v) is 11.4. The van der Waals surface area contributed by atoms with E-state index < -0.39 is 6.09 Å². The quantitative estimate of drug-likeness (QED) is 0.456. The molecular weight excluding hydrogens is 454 g/mol. The third-order valence-electron chi connectivity index (χ3n) is 5.52. The lowest BCUT2D eigenvalue weighted by Crippen LogP contribution is -2.49. The van der Waals surface area contributed by atoms with Crippen molar-refractivity contribution in [3.05, 3.63) is 88.9 Å². The highest BCUT2D eigenvalue weighted by atomic mass is 35.5. The zero-order valence-electron chi connectivity index (χ0n) is 18.9. The lowest BCUT2D eigenvalue weighted by molar-refractivity contribution is 0.155. The molecule has 176 valence electrons.